The van der Waals surface area contributed by atoms with Crippen molar-refractivity contribution >= 4 is 11.9 Å². The van der Waals surface area contributed by atoms with Gasteiger partial charge in [-0.1, -0.05) is 167 Å². The number of carboxylic acids is 2. The molecule has 4 nitrogen and oxygen atoms in total. The molecule has 0 unspecified atom stereocenters. The molecular weight excluding hydrogens is 608 g/mol. The maximum Gasteiger partial charge on any atom is 0.303 e. The molecule has 0 saturated carbocycles. The summed E-state index contributed by atoms with van der Waals surface area (Å²) in [6.45, 7) is 4.53. The SMILES string of the molecule is CCCCCCCC/C=C\CCCCCCCCCC(=O)O.CCCCCCCC/C=C\CCCCCCCCCC(=O)O.[Cu]. The molecule has 0 aromatic heterocycles. The standard InChI is InChI=1S/2C20H38O2.Cu/c2*1-2-3-4-5-6-7-8-9-10-11-12-13-14-15-16-17-18-19-20(21)22;/h2*9-10H,2-8,11-19H2,1H3,(H,21,22);/b2*10-9-;. The molecule has 0 aliphatic heterocycles. The van der Waals surface area contributed by atoms with Crippen LogP contribution in [0.2, 0.25) is 0 Å². The topological polar surface area (TPSA) is 74.6 Å². The van der Waals surface area contributed by atoms with Gasteiger partial charge < -0.3 is 10.2 Å². The van der Waals surface area contributed by atoms with E-state index >= 15 is 0 Å². The number of hydrogen-bond donors (Lipinski definition) is 2. The van der Waals surface area contributed by atoms with Gasteiger partial charge in [0.05, 0.1) is 0 Å². The van der Waals surface area contributed by atoms with Crippen LogP contribution in [0.4, 0.5) is 0 Å². The van der Waals surface area contributed by atoms with Gasteiger partial charge in [-0.05, 0) is 64.2 Å². The normalized spacial score (nSPS) is 11.1. The van der Waals surface area contributed by atoms with Gasteiger partial charge in [0, 0.05) is 29.9 Å². The molecular formula is C40H76CuO4. The number of rotatable bonds is 34. The zero-order valence-corrected chi connectivity index (χ0v) is 30.9. The molecule has 0 heterocycles. The van der Waals surface area contributed by atoms with Gasteiger partial charge in [-0.2, -0.15) is 0 Å². The largest absolute Gasteiger partial charge is 0.481 e. The van der Waals surface area contributed by atoms with E-state index in [2.05, 4.69) is 38.2 Å². The van der Waals surface area contributed by atoms with Crippen molar-refractivity contribution in [3.8, 4) is 0 Å². The molecule has 0 aliphatic carbocycles. The molecule has 0 amide bonds. The van der Waals surface area contributed by atoms with Crippen LogP contribution in [-0.4, -0.2) is 22.2 Å². The maximum atomic E-state index is 10.4. The summed E-state index contributed by atoms with van der Waals surface area (Å²) in [5.74, 6) is -1.32. The first-order chi connectivity index (χ1) is 21.5. The summed E-state index contributed by atoms with van der Waals surface area (Å²) in [6, 6.07) is 0. The number of allylic oxidation sites excluding steroid dienone is 4. The predicted octanol–water partition coefficient (Wildman–Crippen LogP) is 13.8. The first-order valence-electron chi connectivity index (χ1n) is 19.3. The summed E-state index contributed by atoms with van der Waals surface area (Å²) in [4.78, 5) is 20.7. The van der Waals surface area contributed by atoms with E-state index in [9.17, 15) is 9.59 Å². The molecule has 45 heavy (non-hydrogen) atoms. The van der Waals surface area contributed by atoms with Crippen LogP contribution >= 0.6 is 0 Å². The monoisotopic (exact) mass is 684 g/mol. The summed E-state index contributed by atoms with van der Waals surface area (Å²) in [6.07, 6.45) is 48.3. The van der Waals surface area contributed by atoms with Crippen LogP contribution in [0.25, 0.3) is 0 Å². The van der Waals surface area contributed by atoms with Crippen molar-refractivity contribution in [3.05, 3.63) is 24.3 Å². The Morgan fingerprint density at radius 3 is 0.778 bits per heavy atom. The van der Waals surface area contributed by atoms with Gasteiger partial charge in [-0.25, -0.2) is 0 Å². The van der Waals surface area contributed by atoms with Crippen LogP contribution in [0.3, 0.4) is 0 Å². The molecule has 0 fully saturated rings. The van der Waals surface area contributed by atoms with Crippen LogP contribution in [-0.2, 0) is 26.7 Å². The third kappa shape index (κ3) is 52.7. The fraction of sp³-hybridized carbons (Fsp3) is 0.850. The molecule has 1 radical (unpaired) electrons. The van der Waals surface area contributed by atoms with Gasteiger partial charge in [-0.3, -0.25) is 9.59 Å². The fourth-order valence-corrected chi connectivity index (χ4v) is 5.40. The van der Waals surface area contributed by atoms with Crippen molar-refractivity contribution in [3.63, 3.8) is 0 Å². The number of unbranched alkanes of at least 4 members (excludes halogenated alkanes) is 26. The van der Waals surface area contributed by atoms with Crippen molar-refractivity contribution in [1.29, 1.82) is 0 Å². The van der Waals surface area contributed by atoms with Gasteiger partial charge in [0.2, 0.25) is 0 Å². The van der Waals surface area contributed by atoms with E-state index in [0.29, 0.717) is 12.8 Å². The summed E-state index contributed by atoms with van der Waals surface area (Å²) in [5, 5.41) is 17.1. The van der Waals surface area contributed by atoms with Crippen molar-refractivity contribution in [1.82, 2.24) is 0 Å². The Morgan fingerprint density at radius 2 is 0.556 bits per heavy atom. The summed E-state index contributed by atoms with van der Waals surface area (Å²) in [7, 11) is 0. The Kier molecular flexibility index (Phi) is 48.4. The molecule has 0 aliphatic rings. The van der Waals surface area contributed by atoms with Crippen molar-refractivity contribution < 1.29 is 36.9 Å². The van der Waals surface area contributed by atoms with Gasteiger partial charge >= 0.3 is 11.9 Å². The Hall–Kier alpha value is -1.06. The third-order valence-electron chi connectivity index (χ3n) is 8.30. The minimum atomic E-state index is -0.659. The molecule has 0 aromatic carbocycles. The van der Waals surface area contributed by atoms with E-state index in [1.54, 1.807) is 0 Å². The van der Waals surface area contributed by atoms with Gasteiger partial charge in [0.15, 0.2) is 0 Å². The molecule has 271 valence electrons. The summed E-state index contributed by atoms with van der Waals surface area (Å²) in [5.41, 5.74) is 0. The Balaban J connectivity index is -0.000000767. The minimum absolute atomic E-state index is 0. The average molecular weight is 685 g/mol. The van der Waals surface area contributed by atoms with Gasteiger partial charge in [0.25, 0.3) is 0 Å². The van der Waals surface area contributed by atoms with E-state index in [0.717, 1.165) is 25.7 Å². The average Bonchev–Trinajstić information content (AvgIpc) is 3.00. The Morgan fingerprint density at radius 1 is 0.356 bits per heavy atom. The quantitative estimate of drug-likeness (QED) is 0.0402. The van der Waals surface area contributed by atoms with Crippen molar-refractivity contribution in [2.45, 2.75) is 219 Å². The van der Waals surface area contributed by atoms with Crippen LogP contribution in [0.5, 0.6) is 0 Å². The number of hydrogen-bond acceptors (Lipinski definition) is 2. The first-order valence-corrected chi connectivity index (χ1v) is 19.3. The summed E-state index contributed by atoms with van der Waals surface area (Å²) >= 11 is 0. The Labute approximate surface area is 291 Å². The molecule has 2 N–H and O–H groups in total. The van der Waals surface area contributed by atoms with E-state index in [1.165, 1.54) is 167 Å². The zero-order chi connectivity index (χ0) is 32.6. The number of carbonyl (C=O) groups is 2. The Bertz CT molecular complexity index is 578. The van der Waals surface area contributed by atoms with Crippen molar-refractivity contribution in [2.24, 2.45) is 0 Å². The fourth-order valence-electron chi connectivity index (χ4n) is 5.40. The number of aliphatic carboxylic acids is 2. The van der Waals surface area contributed by atoms with Gasteiger partial charge in [0.1, 0.15) is 0 Å². The predicted molar refractivity (Wildman–Crippen MR) is 193 cm³/mol. The minimum Gasteiger partial charge on any atom is -0.481 e. The second-order valence-electron chi connectivity index (χ2n) is 12.9. The molecule has 5 heteroatoms. The van der Waals surface area contributed by atoms with Crippen LogP contribution in [0.1, 0.15) is 219 Å². The first kappa shape index (κ1) is 48.3. The molecule has 0 bridgehead atoms. The maximum absolute atomic E-state index is 10.4. The van der Waals surface area contributed by atoms with Crippen LogP contribution in [0, 0.1) is 0 Å². The second kappa shape index (κ2) is 45.1. The smallest absolute Gasteiger partial charge is 0.303 e. The molecule has 0 aromatic rings. The van der Waals surface area contributed by atoms with E-state index in [4.69, 9.17) is 10.2 Å². The van der Waals surface area contributed by atoms with E-state index in [-0.39, 0.29) is 17.1 Å². The second-order valence-corrected chi connectivity index (χ2v) is 12.9. The van der Waals surface area contributed by atoms with Crippen molar-refractivity contribution in [2.75, 3.05) is 0 Å². The molecule has 0 rings (SSSR count). The molecule has 0 saturated heterocycles. The number of carboxylic acid groups (broad SMARTS) is 2. The van der Waals surface area contributed by atoms with Crippen LogP contribution in [0.15, 0.2) is 24.3 Å². The summed E-state index contributed by atoms with van der Waals surface area (Å²) < 4.78 is 0. The van der Waals surface area contributed by atoms with E-state index in [1.807, 2.05) is 0 Å². The third-order valence-corrected chi connectivity index (χ3v) is 8.30. The zero-order valence-electron chi connectivity index (χ0n) is 29.9. The molecule has 0 spiro atoms. The molecule has 0 atom stereocenters. The van der Waals surface area contributed by atoms with E-state index < -0.39 is 11.9 Å². The van der Waals surface area contributed by atoms with Crippen LogP contribution < -0.4 is 0 Å². The van der Waals surface area contributed by atoms with Gasteiger partial charge in [-0.15, -0.1) is 0 Å².